The summed E-state index contributed by atoms with van der Waals surface area (Å²) < 4.78 is 7.75. The number of halogens is 1. The van der Waals surface area contributed by atoms with Crippen LogP contribution < -0.4 is 27.3 Å². The molecule has 0 saturated heterocycles. The van der Waals surface area contributed by atoms with Crippen molar-refractivity contribution in [3.8, 4) is 0 Å². The molecule has 0 saturated carbocycles. The summed E-state index contributed by atoms with van der Waals surface area (Å²) in [7, 11) is 0. The zero-order valence-electron chi connectivity index (χ0n) is 30.3. The second-order valence-electron chi connectivity index (χ2n) is 14.3. The smallest absolute Gasteiger partial charge is 0.259 e. The SMILES string of the molecule is CC(C)C1C(=O)N([C@H](C(N)=O)C(Cc2ccccc2)C(=O)C2=NC(C)(C)CO2)C(c2ccccc2)=CN1C(=O)c1cc[n+](Cc2ccccc2)cc1.[Br-]. The fraction of sp³-hybridized carbons (Fsp3) is 0.286. The molecule has 0 radical (unpaired) electrons. The van der Waals surface area contributed by atoms with E-state index in [0.29, 0.717) is 17.7 Å². The van der Waals surface area contributed by atoms with E-state index in [-0.39, 0.29) is 53.4 Å². The number of ether oxygens (including phenoxy) is 1. The Morgan fingerprint density at radius 3 is 1.98 bits per heavy atom. The molecule has 2 aliphatic rings. The minimum atomic E-state index is -1.44. The average molecular weight is 779 g/mol. The van der Waals surface area contributed by atoms with Crippen molar-refractivity contribution >= 4 is 35.1 Å². The van der Waals surface area contributed by atoms with Crippen molar-refractivity contribution in [2.75, 3.05) is 6.61 Å². The predicted molar refractivity (Wildman–Crippen MR) is 197 cm³/mol. The fourth-order valence-corrected chi connectivity index (χ4v) is 6.79. The second kappa shape index (κ2) is 16.5. The van der Waals surface area contributed by atoms with E-state index in [0.717, 1.165) is 11.1 Å². The summed E-state index contributed by atoms with van der Waals surface area (Å²) in [5.41, 5.74) is 8.70. The van der Waals surface area contributed by atoms with Crippen LogP contribution in [0, 0.1) is 11.8 Å². The molecule has 0 spiro atoms. The highest BCUT2D eigenvalue weighted by Gasteiger charge is 2.49. The highest BCUT2D eigenvalue weighted by Crippen LogP contribution is 2.36. The number of Topliss-reactive ketones (excluding diaryl/α,β-unsaturated/α-hetero) is 1. The molecule has 10 nitrogen and oxygen atoms in total. The number of rotatable bonds is 12. The molecule has 2 unspecified atom stereocenters. The number of pyridine rings is 1. The van der Waals surface area contributed by atoms with Gasteiger partial charge >= 0.3 is 0 Å². The Kier molecular flexibility index (Phi) is 12.1. The first-order valence-electron chi connectivity index (χ1n) is 17.5. The number of carbonyl (C=O) groups excluding carboxylic acids is 4. The van der Waals surface area contributed by atoms with Gasteiger partial charge in [-0.05, 0) is 37.3 Å². The van der Waals surface area contributed by atoms with Crippen molar-refractivity contribution in [1.82, 2.24) is 9.80 Å². The van der Waals surface area contributed by atoms with Crippen LogP contribution in [-0.4, -0.2) is 63.4 Å². The van der Waals surface area contributed by atoms with Gasteiger partial charge in [0.25, 0.3) is 17.7 Å². The van der Waals surface area contributed by atoms with E-state index in [1.54, 1.807) is 42.6 Å². The Balaban J connectivity index is 0.00000541. The molecule has 3 heterocycles. The zero-order valence-corrected chi connectivity index (χ0v) is 31.8. The molecule has 0 aliphatic carbocycles. The van der Waals surface area contributed by atoms with Crippen molar-refractivity contribution in [2.24, 2.45) is 22.6 Å². The number of nitrogens with zero attached hydrogens (tertiary/aromatic N) is 4. The first kappa shape index (κ1) is 38.8. The maximum atomic E-state index is 15.0. The van der Waals surface area contributed by atoms with Gasteiger partial charge in [-0.25, -0.2) is 9.56 Å². The van der Waals surface area contributed by atoms with Gasteiger partial charge < -0.3 is 32.4 Å². The van der Waals surface area contributed by atoms with E-state index in [4.69, 9.17) is 10.5 Å². The van der Waals surface area contributed by atoms with Crippen LogP contribution in [-0.2, 0) is 32.1 Å². The third-order valence-corrected chi connectivity index (χ3v) is 9.36. The molecule has 0 fully saturated rings. The number of nitrogens with two attached hydrogens (primary N) is 1. The summed E-state index contributed by atoms with van der Waals surface area (Å²) in [6.07, 6.45) is 5.37. The Labute approximate surface area is 320 Å². The zero-order chi connectivity index (χ0) is 37.0. The molecular weight excluding hydrogens is 734 g/mol. The Bertz CT molecular complexity index is 2000. The van der Waals surface area contributed by atoms with Crippen molar-refractivity contribution in [1.29, 1.82) is 0 Å². The van der Waals surface area contributed by atoms with E-state index >= 15 is 4.79 Å². The van der Waals surface area contributed by atoms with Crippen LogP contribution in [0.15, 0.2) is 127 Å². The van der Waals surface area contributed by atoms with Crippen LogP contribution in [0.2, 0.25) is 0 Å². The summed E-state index contributed by atoms with van der Waals surface area (Å²) >= 11 is 0. The first-order chi connectivity index (χ1) is 24.9. The number of carbonyl (C=O) groups is 4. The maximum absolute atomic E-state index is 15.0. The Morgan fingerprint density at radius 1 is 0.887 bits per heavy atom. The quantitative estimate of drug-likeness (QED) is 0.220. The Morgan fingerprint density at radius 2 is 1.45 bits per heavy atom. The largest absolute Gasteiger partial charge is 1.00 e. The number of benzene rings is 3. The maximum Gasteiger partial charge on any atom is 0.259 e. The van der Waals surface area contributed by atoms with Crippen molar-refractivity contribution < 1.29 is 45.5 Å². The van der Waals surface area contributed by atoms with Crippen LogP contribution in [0.5, 0.6) is 0 Å². The minimum absolute atomic E-state index is 0. The molecule has 2 N–H and O–H groups in total. The average Bonchev–Trinajstić information content (AvgIpc) is 3.51. The van der Waals surface area contributed by atoms with E-state index in [1.807, 2.05) is 111 Å². The van der Waals surface area contributed by atoms with E-state index in [1.165, 1.54) is 9.80 Å². The molecular formula is C42H44BrN5O5. The molecule has 0 bridgehead atoms. The number of primary amides is 1. The monoisotopic (exact) mass is 777 g/mol. The summed E-state index contributed by atoms with van der Waals surface area (Å²) in [6, 6.07) is 29.3. The third kappa shape index (κ3) is 8.63. The number of amides is 3. The van der Waals surface area contributed by atoms with Gasteiger partial charge in [-0.3, -0.25) is 24.1 Å². The fourth-order valence-electron chi connectivity index (χ4n) is 6.79. The molecule has 3 aromatic carbocycles. The van der Waals surface area contributed by atoms with Crippen molar-refractivity contribution in [3.05, 3.63) is 144 Å². The van der Waals surface area contributed by atoms with E-state index in [9.17, 15) is 14.4 Å². The van der Waals surface area contributed by atoms with Crippen molar-refractivity contribution in [2.45, 2.75) is 58.3 Å². The molecule has 274 valence electrons. The standard InChI is InChI=1S/C42H43N5O5.BrH/c1-28(2)35-41(51)47(36(38(43)49)33(24-29-14-8-5-9-15-29)37(48)39-44-42(3,4)27-52-39)34(31-18-12-7-13-19-31)26-46(35)40(50)32-20-22-45(23-21-32)25-30-16-10-6-11-17-30;/h5-23,26,28,33,35-36H,24-25,27H2,1-4H3,(H-,43,49);1H/t33?,35?,36-;/m0./s1. The van der Waals surface area contributed by atoms with Gasteiger partial charge in [-0.15, -0.1) is 0 Å². The summed E-state index contributed by atoms with van der Waals surface area (Å²) in [6.45, 7) is 8.22. The van der Waals surface area contributed by atoms with Crippen LogP contribution in [0.25, 0.3) is 5.70 Å². The lowest BCUT2D eigenvalue weighted by atomic mass is 9.84. The molecule has 4 aromatic rings. The molecule has 3 atom stereocenters. The summed E-state index contributed by atoms with van der Waals surface area (Å²) in [5, 5.41) is 0. The van der Waals surface area contributed by atoms with Gasteiger partial charge in [-0.2, -0.15) is 0 Å². The first-order valence-corrected chi connectivity index (χ1v) is 17.5. The topological polar surface area (TPSA) is 126 Å². The van der Waals surface area contributed by atoms with Gasteiger partial charge in [0.15, 0.2) is 18.9 Å². The highest BCUT2D eigenvalue weighted by molar-refractivity contribution is 6.38. The van der Waals surface area contributed by atoms with Gasteiger partial charge in [0.2, 0.25) is 11.7 Å². The summed E-state index contributed by atoms with van der Waals surface area (Å²) in [4.78, 5) is 64.8. The van der Waals surface area contributed by atoms with Crippen molar-refractivity contribution in [3.63, 3.8) is 0 Å². The number of ketones is 1. The van der Waals surface area contributed by atoms with Gasteiger partial charge in [0, 0.05) is 23.9 Å². The molecule has 11 heteroatoms. The normalized spacial score (nSPS) is 17.6. The minimum Gasteiger partial charge on any atom is -1.00 e. The third-order valence-electron chi connectivity index (χ3n) is 9.36. The van der Waals surface area contributed by atoms with E-state index in [2.05, 4.69) is 4.99 Å². The lowest BCUT2D eigenvalue weighted by Gasteiger charge is -2.45. The van der Waals surface area contributed by atoms with Gasteiger partial charge in [0.05, 0.1) is 22.7 Å². The molecule has 53 heavy (non-hydrogen) atoms. The molecule has 2 aliphatic heterocycles. The van der Waals surface area contributed by atoms with E-state index < -0.39 is 41.1 Å². The number of aromatic nitrogens is 1. The summed E-state index contributed by atoms with van der Waals surface area (Å²) in [5.74, 6) is -3.91. The van der Waals surface area contributed by atoms with Gasteiger partial charge in [-0.1, -0.05) is 105 Å². The molecule has 3 amide bonds. The van der Waals surface area contributed by atoms with Crippen LogP contribution in [0.3, 0.4) is 0 Å². The Hall–Kier alpha value is -5.42. The molecule has 6 rings (SSSR count). The van der Waals surface area contributed by atoms with Crippen LogP contribution in [0.1, 0.15) is 54.7 Å². The number of aliphatic imine (C=N–C) groups is 1. The lowest BCUT2D eigenvalue weighted by Crippen LogP contribution is -3.00. The lowest BCUT2D eigenvalue weighted by molar-refractivity contribution is -0.688. The second-order valence-corrected chi connectivity index (χ2v) is 14.3. The number of hydrogen-bond donors (Lipinski definition) is 1. The predicted octanol–water partition coefficient (Wildman–Crippen LogP) is 1.82. The number of hydrogen-bond acceptors (Lipinski definition) is 6. The van der Waals surface area contributed by atoms with Crippen LogP contribution in [0.4, 0.5) is 0 Å². The van der Waals surface area contributed by atoms with Crippen LogP contribution >= 0.6 is 0 Å². The van der Waals surface area contributed by atoms with Gasteiger partial charge in [0.1, 0.15) is 18.7 Å². The highest BCUT2D eigenvalue weighted by atomic mass is 79.9. The molecule has 1 aromatic heterocycles.